The number of benzene rings is 1. The number of amides is 1. The molecular formula is C14H21N3O2S. The second kappa shape index (κ2) is 6.56. The number of anilines is 1. The third-order valence-electron chi connectivity index (χ3n) is 2.86. The van der Waals surface area contributed by atoms with E-state index in [-0.39, 0.29) is 11.5 Å². The fourth-order valence-electron chi connectivity index (χ4n) is 1.88. The van der Waals surface area contributed by atoms with Crippen LogP contribution in [0.2, 0.25) is 0 Å². The molecule has 0 spiro atoms. The molecule has 0 fully saturated rings. The van der Waals surface area contributed by atoms with Crippen LogP contribution in [0, 0.1) is 5.41 Å². The summed E-state index contributed by atoms with van der Waals surface area (Å²) < 4.78 is 0. The molecule has 0 saturated heterocycles. The number of carbonyl (C=O) groups is 1. The number of nitrogens with one attached hydrogen (secondary N) is 3. The van der Waals surface area contributed by atoms with Gasteiger partial charge in [-0.3, -0.25) is 0 Å². The maximum atomic E-state index is 10.9. The highest BCUT2D eigenvalue weighted by Crippen LogP contribution is 2.33. The van der Waals surface area contributed by atoms with Crippen molar-refractivity contribution in [2.75, 3.05) is 12.4 Å². The van der Waals surface area contributed by atoms with Crippen LogP contribution in [0.4, 0.5) is 10.5 Å². The number of rotatable bonds is 3. The SMILES string of the molecule is CNC(=S)Nc1ccc(C(NC(=O)O)C(C)(C)C)cc1. The average Bonchev–Trinajstić information content (AvgIpc) is 2.35. The van der Waals surface area contributed by atoms with Gasteiger partial charge in [-0.05, 0) is 35.3 Å². The molecule has 1 aromatic carbocycles. The highest BCUT2D eigenvalue weighted by Gasteiger charge is 2.27. The van der Waals surface area contributed by atoms with Gasteiger partial charge in [-0.1, -0.05) is 32.9 Å². The van der Waals surface area contributed by atoms with Gasteiger partial charge in [0.25, 0.3) is 0 Å². The van der Waals surface area contributed by atoms with Crippen molar-refractivity contribution in [2.45, 2.75) is 26.8 Å². The fraction of sp³-hybridized carbons (Fsp3) is 0.429. The third kappa shape index (κ3) is 4.70. The lowest BCUT2D eigenvalue weighted by Gasteiger charge is -2.31. The standard InChI is InChI=1S/C14H21N3O2S/c1-14(2,3)11(17-13(18)19)9-5-7-10(8-6-9)16-12(20)15-4/h5-8,11,17H,1-4H3,(H,18,19)(H2,15,16,20). The van der Waals surface area contributed by atoms with Crippen LogP contribution in [0.5, 0.6) is 0 Å². The van der Waals surface area contributed by atoms with Crippen LogP contribution < -0.4 is 16.0 Å². The molecule has 0 aliphatic heterocycles. The minimum absolute atomic E-state index is 0.215. The molecule has 6 heteroatoms. The molecule has 0 bridgehead atoms. The van der Waals surface area contributed by atoms with Gasteiger partial charge in [-0.15, -0.1) is 0 Å². The van der Waals surface area contributed by atoms with Crippen molar-refractivity contribution >= 4 is 29.1 Å². The summed E-state index contributed by atoms with van der Waals surface area (Å²) in [4.78, 5) is 10.9. The Morgan fingerprint density at radius 1 is 1.25 bits per heavy atom. The van der Waals surface area contributed by atoms with E-state index in [4.69, 9.17) is 17.3 Å². The Morgan fingerprint density at radius 3 is 2.20 bits per heavy atom. The predicted octanol–water partition coefficient (Wildman–Crippen LogP) is 2.96. The topological polar surface area (TPSA) is 73.4 Å². The summed E-state index contributed by atoms with van der Waals surface area (Å²) in [5.41, 5.74) is 1.56. The van der Waals surface area contributed by atoms with Crippen LogP contribution in [-0.4, -0.2) is 23.4 Å². The first kappa shape index (κ1) is 16.2. The van der Waals surface area contributed by atoms with Crippen molar-refractivity contribution in [1.82, 2.24) is 10.6 Å². The first-order valence-corrected chi connectivity index (χ1v) is 6.73. The molecule has 0 saturated carbocycles. The Hall–Kier alpha value is -1.82. The van der Waals surface area contributed by atoms with Crippen LogP contribution in [0.15, 0.2) is 24.3 Å². The highest BCUT2D eigenvalue weighted by molar-refractivity contribution is 7.80. The van der Waals surface area contributed by atoms with Crippen molar-refractivity contribution in [2.24, 2.45) is 5.41 Å². The van der Waals surface area contributed by atoms with E-state index in [9.17, 15) is 4.79 Å². The van der Waals surface area contributed by atoms with E-state index in [1.165, 1.54) is 0 Å². The van der Waals surface area contributed by atoms with Gasteiger partial charge in [-0.25, -0.2) is 4.79 Å². The summed E-state index contributed by atoms with van der Waals surface area (Å²) in [7, 11) is 1.75. The lowest BCUT2D eigenvalue weighted by atomic mass is 9.82. The minimum Gasteiger partial charge on any atom is -0.465 e. The molecule has 1 unspecified atom stereocenters. The molecule has 20 heavy (non-hydrogen) atoms. The summed E-state index contributed by atoms with van der Waals surface area (Å²) in [6, 6.07) is 7.27. The van der Waals surface area contributed by atoms with Gasteiger partial charge in [-0.2, -0.15) is 0 Å². The largest absolute Gasteiger partial charge is 0.465 e. The van der Waals surface area contributed by atoms with Crippen molar-refractivity contribution in [3.63, 3.8) is 0 Å². The normalized spacial score (nSPS) is 12.4. The van der Waals surface area contributed by atoms with Crippen molar-refractivity contribution < 1.29 is 9.90 Å². The van der Waals surface area contributed by atoms with Gasteiger partial charge < -0.3 is 21.1 Å². The maximum absolute atomic E-state index is 10.9. The van der Waals surface area contributed by atoms with E-state index < -0.39 is 6.09 Å². The highest BCUT2D eigenvalue weighted by atomic mass is 32.1. The Labute approximate surface area is 124 Å². The lowest BCUT2D eigenvalue weighted by Crippen LogP contribution is -2.35. The zero-order valence-corrected chi connectivity index (χ0v) is 13.0. The van der Waals surface area contributed by atoms with Gasteiger partial charge in [0.05, 0.1) is 6.04 Å². The van der Waals surface area contributed by atoms with Gasteiger partial charge in [0.2, 0.25) is 0 Å². The molecule has 0 heterocycles. The second-order valence-electron chi connectivity index (χ2n) is 5.57. The molecule has 0 aromatic heterocycles. The number of hydrogen-bond donors (Lipinski definition) is 4. The quantitative estimate of drug-likeness (QED) is 0.645. The van der Waals surface area contributed by atoms with E-state index in [1.54, 1.807) is 7.05 Å². The molecule has 1 aromatic rings. The molecule has 5 nitrogen and oxygen atoms in total. The van der Waals surface area contributed by atoms with Gasteiger partial charge in [0.15, 0.2) is 5.11 Å². The molecule has 1 atom stereocenters. The van der Waals surface area contributed by atoms with Crippen LogP contribution in [0.25, 0.3) is 0 Å². The van der Waals surface area contributed by atoms with Crippen molar-refractivity contribution in [3.05, 3.63) is 29.8 Å². The molecular weight excluding hydrogens is 274 g/mol. The molecule has 0 radical (unpaired) electrons. The number of thiocarbonyl (C=S) groups is 1. The Kier molecular flexibility index (Phi) is 5.33. The molecule has 0 aliphatic rings. The maximum Gasteiger partial charge on any atom is 0.405 e. The third-order valence-corrected chi connectivity index (χ3v) is 3.17. The van der Waals surface area contributed by atoms with Crippen molar-refractivity contribution in [1.29, 1.82) is 0 Å². The summed E-state index contributed by atoms with van der Waals surface area (Å²) in [6.45, 7) is 5.99. The molecule has 1 amide bonds. The molecule has 4 N–H and O–H groups in total. The Morgan fingerprint density at radius 2 is 1.80 bits per heavy atom. The molecule has 1 rings (SSSR count). The Balaban J connectivity index is 2.93. The van der Waals surface area contributed by atoms with Gasteiger partial charge in [0, 0.05) is 12.7 Å². The fourth-order valence-corrected chi connectivity index (χ4v) is 1.99. The molecule has 0 aliphatic carbocycles. The van der Waals surface area contributed by atoms with Crippen LogP contribution >= 0.6 is 12.2 Å². The van der Waals surface area contributed by atoms with E-state index in [2.05, 4.69) is 16.0 Å². The molecule has 110 valence electrons. The number of hydrogen-bond acceptors (Lipinski definition) is 2. The van der Waals surface area contributed by atoms with Gasteiger partial charge >= 0.3 is 6.09 Å². The van der Waals surface area contributed by atoms with Gasteiger partial charge in [0.1, 0.15) is 0 Å². The average molecular weight is 295 g/mol. The monoisotopic (exact) mass is 295 g/mol. The zero-order valence-electron chi connectivity index (χ0n) is 12.2. The van der Waals surface area contributed by atoms with E-state index in [0.717, 1.165) is 11.3 Å². The lowest BCUT2D eigenvalue weighted by molar-refractivity contribution is 0.175. The van der Waals surface area contributed by atoms with Crippen LogP contribution in [0.3, 0.4) is 0 Å². The summed E-state index contributed by atoms with van der Waals surface area (Å²) >= 11 is 5.03. The summed E-state index contributed by atoms with van der Waals surface area (Å²) in [6.07, 6.45) is -1.02. The van der Waals surface area contributed by atoms with E-state index in [1.807, 2.05) is 45.0 Å². The van der Waals surface area contributed by atoms with Crippen molar-refractivity contribution in [3.8, 4) is 0 Å². The summed E-state index contributed by atoms with van der Waals surface area (Å²) in [5.74, 6) is 0. The van der Waals surface area contributed by atoms with Crippen LogP contribution in [0.1, 0.15) is 32.4 Å². The predicted molar refractivity (Wildman–Crippen MR) is 85.1 cm³/mol. The van der Waals surface area contributed by atoms with Crippen LogP contribution in [-0.2, 0) is 0 Å². The smallest absolute Gasteiger partial charge is 0.405 e. The van der Waals surface area contributed by atoms with E-state index >= 15 is 0 Å². The zero-order chi connectivity index (χ0) is 15.3. The van der Waals surface area contributed by atoms with E-state index in [0.29, 0.717) is 5.11 Å². The second-order valence-corrected chi connectivity index (χ2v) is 5.98. The first-order valence-electron chi connectivity index (χ1n) is 6.32. The minimum atomic E-state index is -1.02. The summed E-state index contributed by atoms with van der Waals surface area (Å²) in [5, 5.41) is 17.9. The first-order chi connectivity index (χ1) is 9.24. The number of carboxylic acid groups (broad SMARTS) is 1. The Bertz CT molecular complexity index is 480.